The summed E-state index contributed by atoms with van der Waals surface area (Å²) in [5.41, 5.74) is 2.22. The van der Waals surface area contributed by atoms with Crippen molar-refractivity contribution in [3.8, 4) is 0 Å². The van der Waals surface area contributed by atoms with Gasteiger partial charge in [-0.25, -0.2) is 0 Å². The van der Waals surface area contributed by atoms with Crippen LogP contribution in [0, 0.1) is 11.8 Å². The molecule has 2 N–H and O–H groups in total. The van der Waals surface area contributed by atoms with Crippen molar-refractivity contribution in [3.05, 3.63) is 24.3 Å². The number of Topliss-reactive ketones (excluding diaryl/α,β-unsaturated/α-hetero) is 1. The molecule has 0 aliphatic carbocycles. The van der Waals surface area contributed by atoms with Crippen molar-refractivity contribution in [2.75, 3.05) is 20.7 Å². The van der Waals surface area contributed by atoms with E-state index in [0.29, 0.717) is 45.1 Å². The molecule has 0 aromatic rings. The molecule has 12 heteroatoms. The molecule has 19 atom stereocenters. The number of aliphatic hydroxyl groups is 1. The predicted octanol–water partition coefficient (Wildman–Crippen LogP) is 3.70. The lowest BCUT2D eigenvalue weighted by molar-refractivity contribution is -0.292. The highest BCUT2D eigenvalue weighted by molar-refractivity contribution is 5.79. The average molecular weight is 744 g/mol. The van der Waals surface area contributed by atoms with E-state index in [2.05, 4.69) is 25.4 Å². The number of likely N-dealkylation sites (N-methyl/N-ethyl adjacent to an activating group) is 1. The summed E-state index contributed by atoms with van der Waals surface area (Å²) in [6.07, 6.45) is 5.30. The molecule has 53 heavy (non-hydrogen) atoms. The highest BCUT2D eigenvalue weighted by atomic mass is 16.8. The van der Waals surface area contributed by atoms with Gasteiger partial charge in [0.05, 0.1) is 67.1 Å². The van der Waals surface area contributed by atoms with E-state index in [1.165, 1.54) is 0 Å². The van der Waals surface area contributed by atoms with Crippen LogP contribution in [-0.2, 0) is 47.4 Å². The Labute approximate surface area is 313 Å². The fourth-order valence-electron chi connectivity index (χ4n) is 11.5. The highest BCUT2D eigenvalue weighted by Gasteiger charge is 2.68. The number of hydrogen-bond donors (Lipinski definition) is 2. The third kappa shape index (κ3) is 7.04. The largest absolute Gasteiger partial charge is 0.392 e. The van der Waals surface area contributed by atoms with Crippen LogP contribution < -0.4 is 5.32 Å². The zero-order valence-electron chi connectivity index (χ0n) is 31.7. The molecule has 12 bridgehead atoms. The molecule has 12 nitrogen and oxygen atoms in total. The molecule has 1 unspecified atom stereocenters. The fourth-order valence-corrected chi connectivity index (χ4v) is 11.5. The van der Waals surface area contributed by atoms with Gasteiger partial charge < -0.3 is 53.1 Å². The number of nitrogens with one attached hydrogen (secondary N) is 1. The number of rotatable bonds is 5. The Morgan fingerprint density at radius 1 is 0.811 bits per heavy atom. The minimum atomic E-state index is -0.777. The molecule has 0 aromatic carbocycles. The number of carbonyl (C=O) groups excluding carboxylic acids is 1. The molecule has 296 valence electrons. The smallest absolute Gasteiger partial charge is 0.172 e. The van der Waals surface area contributed by atoms with Crippen molar-refractivity contribution >= 4 is 5.78 Å². The Morgan fingerprint density at radius 3 is 2.40 bits per heavy atom. The fraction of sp³-hybridized carbons (Fsp3) is 0.878. The van der Waals surface area contributed by atoms with Crippen molar-refractivity contribution in [2.24, 2.45) is 11.8 Å². The van der Waals surface area contributed by atoms with Crippen molar-refractivity contribution in [2.45, 2.75) is 194 Å². The first-order valence-corrected chi connectivity index (χ1v) is 20.6. The van der Waals surface area contributed by atoms with Gasteiger partial charge in [0.1, 0.15) is 36.3 Å². The average Bonchev–Trinajstić information content (AvgIpc) is 3.80. The molecule has 10 fully saturated rings. The van der Waals surface area contributed by atoms with Gasteiger partial charge >= 0.3 is 0 Å². The van der Waals surface area contributed by atoms with Crippen molar-refractivity contribution < 1.29 is 52.5 Å². The third-order valence-corrected chi connectivity index (χ3v) is 14.1. The van der Waals surface area contributed by atoms with E-state index < -0.39 is 11.9 Å². The van der Waals surface area contributed by atoms with Crippen LogP contribution in [0.1, 0.15) is 90.4 Å². The van der Waals surface area contributed by atoms with Gasteiger partial charge in [-0.3, -0.25) is 4.79 Å². The van der Waals surface area contributed by atoms with Crippen LogP contribution in [0.4, 0.5) is 0 Å². The first kappa shape index (κ1) is 37.3. The van der Waals surface area contributed by atoms with E-state index in [1.807, 2.05) is 7.05 Å². The minimum absolute atomic E-state index is 0.0111. The summed E-state index contributed by atoms with van der Waals surface area (Å²) in [5.74, 6) is -0.573. The van der Waals surface area contributed by atoms with Crippen molar-refractivity contribution in [1.82, 2.24) is 5.32 Å². The number of ether oxygens (including phenoxy) is 9. The summed E-state index contributed by atoms with van der Waals surface area (Å²) < 4.78 is 60.2. The summed E-state index contributed by atoms with van der Waals surface area (Å²) >= 11 is 0. The first-order valence-electron chi connectivity index (χ1n) is 20.6. The molecule has 10 saturated heterocycles. The van der Waals surface area contributed by atoms with Gasteiger partial charge in [0.25, 0.3) is 0 Å². The maximum Gasteiger partial charge on any atom is 0.172 e. The van der Waals surface area contributed by atoms with Gasteiger partial charge in [0.15, 0.2) is 5.79 Å². The zero-order valence-corrected chi connectivity index (χ0v) is 31.7. The van der Waals surface area contributed by atoms with E-state index in [-0.39, 0.29) is 109 Å². The van der Waals surface area contributed by atoms with Gasteiger partial charge in [-0.1, -0.05) is 20.1 Å². The molecule has 0 amide bonds. The zero-order chi connectivity index (χ0) is 36.6. The number of fused-ring (bicyclic) bond motifs is 6. The normalized spacial score (nSPS) is 51.6. The van der Waals surface area contributed by atoms with E-state index >= 15 is 0 Å². The van der Waals surface area contributed by atoms with E-state index in [9.17, 15) is 9.90 Å². The molecule has 10 heterocycles. The standard InChI is InChI=1S/C41H61NO11/c1-20-12-25-6-8-29-21(2)13-27(46-29)10-11-41-18-34-37(52-41)38-39(51-34)40(53-41)36-30(50-38)9-7-26(48-36)14-23(43)15-28-32(17-31(47-25)22(20)3)49-33(35(28)45-5)16-24(44)19-42-4/h20,24-40,42,44H,2-3,6-19H2,1,4-5H3/t20-,24+,25+,26-,27+,28+,29+,30+,31-,32+,33-,34-,35-,36+,37+,38+,39?,40+,41+/m1/s1. The summed E-state index contributed by atoms with van der Waals surface area (Å²) in [6.45, 7) is 11.6. The number of ketones is 1. The number of carbonyl (C=O) groups is 1. The topological polar surface area (TPSA) is 132 Å². The van der Waals surface area contributed by atoms with Crippen LogP contribution in [-0.4, -0.2) is 135 Å². The monoisotopic (exact) mass is 743 g/mol. The maximum absolute atomic E-state index is 14.1. The number of aliphatic hydroxyl groups excluding tert-OH is 1. The molecular weight excluding hydrogens is 682 g/mol. The van der Waals surface area contributed by atoms with Crippen LogP contribution in [0.25, 0.3) is 0 Å². The molecule has 10 rings (SSSR count). The van der Waals surface area contributed by atoms with Gasteiger partial charge in [-0.05, 0) is 69.1 Å². The molecule has 10 aliphatic rings. The van der Waals surface area contributed by atoms with Crippen LogP contribution >= 0.6 is 0 Å². The lowest BCUT2D eigenvalue weighted by Gasteiger charge is -2.47. The predicted molar refractivity (Wildman–Crippen MR) is 191 cm³/mol. The van der Waals surface area contributed by atoms with Crippen LogP contribution in [0.15, 0.2) is 24.3 Å². The molecular formula is C41H61NO11. The Hall–Kier alpha value is -1.29. The third-order valence-electron chi connectivity index (χ3n) is 14.1. The summed E-state index contributed by atoms with van der Waals surface area (Å²) in [7, 11) is 3.50. The van der Waals surface area contributed by atoms with Gasteiger partial charge in [-0.15, -0.1) is 0 Å². The van der Waals surface area contributed by atoms with Crippen LogP contribution in [0.5, 0.6) is 0 Å². The summed E-state index contributed by atoms with van der Waals surface area (Å²) in [5, 5.41) is 13.8. The van der Waals surface area contributed by atoms with Gasteiger partial charge in [0, 0.05) is 58.1 Å². The second kappa shape index (κ2) is 14.9. The highest BCUT2D eigenvalue weighted by Crippen LogP contribution is 2.54. The summed E-state index contributed by atoms with van der Waals surface area (Å²) in [6, 6.07) is 0. The second-order valence-electron chi connectivity index (χ2n) is 17.7. The SMILES string of the molecule is C=C1C[C@@H]2CC[C@@]34C[C@H]5OC6[C@@H](O[C@H]7CC[C@H](CC(=O)C[C@@H]8[C@@H](OC)[C@@H](C[C@H](O)CNC)O[C@H]8C[C@H]8O[C@@H](CC[C@@H]1O2)C[C@@H](C)C8=C)O[C@@H]7[C@@H]6O3)[C@H]5O4. The molecule has 10 aliphatic heterocycles. The van der Waals surface area contributed by atoms with Crippen LogP contribution in [0.3, 0.4) is 0 Å². The Balaban J connectivity index is 0.990. The first-order chi connectivity index (χ1) is 25.6. The molecule has 0 radical (unpaired) electrons. The lowest BCUT2D eigenvalue weighted by atomic mass is 9.81. The number of hydrogen-bond acceptors (Lipinski definition) is 12. The van der Waals surface area contributed by atoms with Gasteiger partial charge in [-0.2, -0.15) is 0 Å². The quantitative estimate of drug-likeness (QED) is 0.398. The van der Waals surface area contributed by atoms with Crippen molar-refractivity contribution in [3.63, 3.8) is 0 Å². The van der Waals surface area contributed by atoms with Crippen LogP contribution in [0.2, 0.25) is 0 Å². The van der Waals surface area contributed by atoms with Crippen molar-refractivity contribution in [1.29, 1.82) is 0 Å². The lowest BCUT2D eigenvalue weighted by Crippen LogP contribution is -2.61. The molecule has 0 aromatic heterocycles. The second-order valence-corrected chi connectivity index (χ2v) is 17.7. The van der Waals surface area contributed by atoms with E-state index in [0.717, 1.165) is 56.1 Å². The Morgan fingerprint density at radius 2 is 1.57 bits per heavy atom. The Bertz CT molecular complexity index is 1400. The minimum Gasteiger partial charge on any atom is -0.392 e. The van der Waals surface area contributed by atoms with E-state index in [1.54, 1.807) is 7.11 Å². The van der Waals surface area contributed by atoms with E-state index in [4.69, 9.17) is 42.6 Å². The summed E-state index contributed by atoms with van der Waals surface area (Å²) in [4.78, 5) is 14.1. The molecule has 1 spiro atoms. The van der Waals surface area contributed by atoms with Gasteiger partial charge in [0.2, 0.25) is 0 Å². The number of methoxy groups -OCH3 is 1. The molecule has 0 saturated carbocycles. The Kier molecular flexibility index (Phi) is 10.5. The maximum atomic E-state index is 14.1.